The highest BCUT2D eigenvalue weighted by Gasteiger charge is 2.19. The van der Waals surface area contributed by atoms with Gasteiger partial charge in [0.1, 0.15) is 13.2 Å². The third kappa shape index (κ3) is 66.8. The fraction of sp³-hybridized carbons (Fsp3) is 0.720. The quantitative estimate of drug-likeness (QED) is 0.0261. The van der Waals surface area contributed by atoms with Gasteiger partial charge in [0.25, 0.3) is 0 Å². The number of esters is 3. The van der Waals surface area contributed by atoms with Gasteiger partial charge in [-0.25, -0.2) is 0 Å². The van der Waals surface area contributed by atoms with Crippen LogP contribution in [0.5, 0.6) is 0 Å². The second kappa shape index (κ2) is 68.6. The van der Waals surface area contributed by atoms with Gasteiger partial charge in [0.2, 0.25) is 0 Å². The van der Waals surface area contributed by atoms with Crippen molar-refractivity contribution in [1.82, 2.24) is 0 Å². The minimum atomic E-state index is -0.810. The van der Waals surface area contributed by atoms with Crippen LogP contribution in [0.15, 0.2) is 109 Å². The molecule has 1 unspecified atom stereocenters. The van der Waals surface area contributed by atoms with E-state index in [9.17, 15) is 14.4 Å². The SMILES string of the molecule is CC/C=C\C/C=C\C/C=C\C/C=C\C/C=C\C/C=C\CCCCC(=O)OC(COC(=O)CCCCCCC/C=C\C/C=C\CCC)COC(=O)CCCCCCCCCCCCCCCCCCC/C=C\CCCCCCCCCC. The lowest BCUT2D eigenvalue weighted by Gasteiger charge is -2.18. The van der Waals surface area contributed by atoms with Gasteiger partial charge in [-0.15, -0.1) is 0 Å². The van der Waals surface area contributed by atoms with E-state index in [1.54, 1.807) is 0 Å². The first kappa shape index (κ1) is 77.1. The van der Waals surface area contributed by atoms with Crippen LogP contribution in [-0.4, -0.2) is 37.2 Å². The third-order valence-corrected chi connectivity index (χ3v) is 14.7. The molecule has 6 heteroatoms. The predicted molar refractivity (Wildman–Crippen MR) is 353 cm³/mol. The molecule has 0 aliphatic heterocycles. The van der Waals surface area contributed by atoms with Crippen LogP contribution in [0.25, 0.3) is 0 Å². The Kier molecular flexibility index (Phi) is 65.2. The molecule has 0 N–H and O–H groups in total. The minimum absolute atomic E-state index is 0.0996. The van der Waals surface area contributed by atoms with Crippen LogP contribution in [0.3, 0.4) is 0 Å². The van der Waals surface area contributed by atoms with E-state index in [1.807, 2.05) is 0 Å². The van der Waals surface area contributed by atoms with E-state index in [0.29, 0.717) is 19.3 Å². The van der Waals surface area contributed by atoms with E-state index in [4.69, 9.17) is 14.2 Å². The number of rotatable bonds is 62. The lowest BCUT2D eigenvalue weighted by atomic mass is 10.0. The molecule has 0 rings (SSSR count). The summed E-state index contributed by atoms with van der Waals surface area (Å²) in [7, 11) is 0. The number of hydrogen-bond donors (Lipinski definition) is 0. The Morgan fingerprint density at radius 2 is 0.506 bits per heavy atom. The number of allylic oxidation sites excluding steroid dienone is 18. The molecule has 81 heavy (non-hydrogen) atoms. The molecule has 0 fully saturated rings. The Morgan fingerprint density at radius 1 is 0.259 bits per heavy atom. The second-order valence-corrected chi connectivity index (χ2v) is 22.7. The number of hydrogen-bond acceptors (Lipinski definition) is 6. The minimum Gasteiger partial charge on any atom is -0.462 e. The van der Waals surface area contributed by atoms with Gasteiger partial charge in [0.15, 0.2) is 6.10 Å². The fourth-order valence-electron chi connectivity index (χ4n) is 9.60. The molecule has 0 aromatic rings. The van der Waals surface area contributed by atoms with Crippen molar-refractivity contribution >= 4 is 17.9 Å². The maximum Gasteiger partial charge on any atom is 0.306 e. The average molecular weight is 1130 g/mol. The second-order valence-electron chi connectivity index (χ2n) is 22.7. The van der Waals surface area contributed by atoms with E-state index in [-0.39, 0.29) is 37.5 Å². The van der Waals surface area contributed by atoms with Gasteiger partial charge in [0, 0.05) is 19.3 Å². The maximum atomic E-state index is 12.9. The van der Waals surface area contributed by atoms with Gasteiger partial charge in [0.05, 0.1) is 0 Å². The molecule has 0 aromatic heterocycles. The first-order valence-corrected chi connectivity index (χ1v) is 34.4. The summed E-state index contributed by atoms with van der Waals surface area (Å²) in [6.07, 6.45) is 94.1. The van der Waals surface area contributed by atoms with Crippen LogP contribution in [0.2, 0.25) is 0 Å². The standard InChI is InChI=1S/C75H128O6/c1-4-7-10-13-16-19-22-25-27-29-31-33-34-35-36-37-38-39-40-42-43-45-47-50-53-56-59-62-65-68-74(77)80-71-72(70-79-73(76)67-64-61-58-55-52-49-24-21-18-15-12-9-6-3)81-75(78)69-66-63-60-57-54-51-48-46-44-41-32-30-28-26-23-20-17-14-11-8-5-2/h8,11-12,15,17,20-21,24,26,28-29,31-32,41,46,48,54,57,72H,4-7,9-10,13-14,16,18-19,22-23,25,27,30,33-40,42-45,47,49-53,55-56,58-71H2,1-3H3/b11-8-,15-12-,20-17-,24-21-,28-26-,31-29-,41-32-,48-46-,57-54-. The molecular weight excluding hydrogens is 997 g/mol. The largest absolute Gasteiger partial charge is 0.462 e. The van der Waals surface area contributed by atoms with E-state index in [2.05, 4.69) is 130 Å². The van der Waals surface area contributed by atoms with Crippen LogP contribution < -0.4 is 0 Å². The lowest BCUT2D eigenvalue weighted by Crippen LogP contribution is -2.30. The van der Waals surface area contributed by atoms with E-state index >= 15 is 0 Å². The molecule has 0 bridgehead atoms. The highest BCUT2D eigenvalue weighted by Crippen LogP contribution is 2.17. The molecule has 0 aliphatic carbocycles. The van der Waals surface area contributed by atoms with Gasteiger partial charge in [-0.3, -0.25) is 14.4 Å². The Morgan fingerprint density at radius 3 is 0.840 bits per heavy atom. The first-order valence-electron chi connectivity index (χ1n) is 34.4. The Bertz CT molecular complexity index is 1620. The van der Waals surface area contributed by atoms with Crippen LogP contribution in [0.1, 0.15) is 329 Å². The van der Waals surface area contributed by atoms with Crippen molar-refractivity contribution < 1.29 is 28.6 Å². The van der Waals surface area contributed by atoms with Gasteiger partial charge in [-0.05, 0) is 122 Å². The molecule has 0 aromatic carbocycles. The molecular formula is C75H128O6. The first-order chi connectivity index (χ1) is 40.0. The van der Waals surface area contributed by atoms with E-state index in [1.165, 1.54) is 161 Å². The molecule has 0 amide bonds. The van der Waals surface area contributed by atoms with Crippen molar-refractivity contribution in [2.45, 2.75) is 335 Å². The summed E-state index contributed by atoms with van der Waals surface area (Å²) in [6, 6.07) is 0. The monoisotopic (exact) mass is 1120 g/mol. The molecule has 1 atom stereocenters. The maximum absolute atomic E-state index is 12.9. The lowest BCUT2D eigenvalue weighted by molar-refractivity contribution is -0.167. The van der Waals surface area contributed by atoms with Gasteiger partial charge in [-0.2, -0.15) is 0 Å². The van der Waals surface area contributed by atoms with Crippen molar-refractivity contribution in [3.05, 3.63) is 109 Å². The van der Waals surface area contributed by atoms with Gasteiger partial charge >= 0.3 is 17.9 Å². The normalized spacial score (nSPS) is 12.8. The summed E-state index contributed by atoms with van der Waals surface area (Å²) < 4.78 is 16.9. The average Bonchev–Trinajstić information content (AvgIpc) is 3.46. The van der Waals surface area contributed by atoms with Crippen LogP contribution >= 0.6 is 0 Å². The number of carbonyl (C=O) groups excluding carboxylic acids is 3. The highest BCUT2D eigenvalue weighted by molar-refractivity contribution is 5.71. The zero-order valence-corrected chi connectivity index (χ0v) is 53.3. The molecule has 0 saturated heterocycles. The molecule has 6 nitrogen and oxygen atoms in total. The predicted octanol–water partition coefficient (Wildman–Crippen LogP) is 23.8. The summed E-state index contributed by atoms with van der Waals surface area (Å²) in [5.41, 5.74) is 0. The van der Waals surface area contributed by atoms with Crippen LogP contribution in [0.4, 0.5) is 0 Å². The van der Waals surface area contributed by atoms with E-state index in [0.717, 1.165) is 122 Å². The highest BCUT2D eigenvalue weighted by atomic mass is 16.6. The molecule has 464 valence electrons. The summed E-state index contributed by atoms with van der Waals surface area (Å²) in [4.78, 5) is 38.3. The Hall–Kier alpha value is -3.93. The summed E-state index contributed by atoms with van der Waals surface area (Å²) in [5, 5.41) is 0. The number of carbonyl (C=O) groups is 3. The van der Waals surface area contributed by atoms with Crippen molar-refractivity contribution in [1.29, 1.82) is 0 Å². The summed E-state index contributed by atoms with van der Waals surface area (Å²) in [6.45, 7) is 6.44. The Labute approximate surface area is 501 Å². The molecule has 0 aliphatic rings. The molecule has 0 spiro atoms. The number of ether oxygens (including phenoxy) is 3. The topological polar surface area (TPSA) is 78.9 Å². The van der Waals surface area contributed by atoms with Crippen LogP contribution in [0, 0.1) is 0 Å². The zero-order chi connectivity index (χ0) is 58.5. The fourth-order valence-corrected chi connectivity index (χ4v) is 9.60. The van der Waals surface area contributed by atoms with Crippen molar-refractivity contribution in [3.63, 3.8) is 0 Å². The molecule has 0 heterocycles. The van der Waals surface area contributed by atoms with Gasteiger partial charge < -0.3 is 14.2 Å². The van der Waals surface area contributed by atoms with Crippen molar-refractivity contribution in [2.75, 3.05) is 13.2 Å². The van der Waals surface area contributed by atoms with Crippen molar-refractivity contribution in [2.24, 2.45) is 0 Å². The summed E-state index contributed by atoms with van der Waals surface area (Å²) >= 11 is 0. The molecule has 0 saturated carbocycles. The zero-order valence-electron chi connectivity index (χ0n) is 53.3. The van der Waals surface area contributed by atoms with E-state index < -0.39 is 6.10 Å². The van der Waals surface area contributed by atoms with Gasteiger partial charge in [-0.1, -0.05) is 297 Å². The van der Waals surface area contributed by atoms with Crippen LogP contribution in [-0.2, 0) is 28.6 Å². The summed E-state index contributed by atoms with van der Waals surface area (Å²) in [5.74, 6) is -0.949. The molecule has 0 radical (unpaired) electrons. The third-order valence-electron chi connectivity index (χ3n) is 14.7. The Balaban J connectivity index is 4.31. The smallest absolute Gasteiger partial charge is 0.306 e. The number of unbranched alkanes of at least 4 members (excludes halogenated alkanes) is 33. The van der Waals surface area contributed by atoms with Crippen molar-refractivity contribution in [3.8, 4) is 0 Å².